The minimum Gasteiger partial charge on any atom is -0.494 e. The van der Waals surface area contributed by atoms with E-state index in [1.54, 1.807) is 30.3 Å². The van der Waals surface area contributed by atoms with Gasteiger partial charge in [-0.05, 0) is 56.4 Å². The molecule has 20 heavy (non-hydrogen) atoms. The van der Waals surface area contributed by atoms with Crippen LogP contribution in [0.25, 0.3) is 11.8 Å². The van der Waals surface area contributed by atoms with Crippen LogP contribution in [-0.4, -0.2) is 14.7 Å². The van der Waals surface area contributed by atoms with E-state index in [-0.39, 0.29) is 16.2 Å². The lowest BCUT2D eigenvalue weighted by molar-refractivity contribution is 0.432. The van der Waals surface area contributed by atoms with Gasteiger partial charge in [0.2, 0.25) is 5.88 Å². The molecule has 0 aliphatic heterocycles. The molecule has 6 heteroatoms. The molecule has 0 aliphatic carbocycles. The fourth-order valence-corrected chi connectivity index (χ4v) is 2.20. The Balaban J connectivity index is 2.77. The third kappa shape index (κ3) is 2.84. The number of hydrogen-bond acceptors (Lipinski definition) is 3. The van der Waals surface area contributed by atoms with Crippen LogP contribution in [0.2, 0.25) is 5.02 Å². The predicted octanol–water partition coefficient (Wildman–Crippen LogP) is 3.68. The summed E-state index contributed by atoms with van der Waals surface area (Å²) in [5.74, 6) is -0.192. The molecule has 0 saturated carbocycles. The first-order valence-electron chi connectivity index (χ1n) is 5.89. The van der Waals surface area contributed by atoms with E-state index in [0.29, 0.717) is 10.7 Å². The van der Waals surface area contributed by atoms with Crippen molar-refractivity contribution in [2.45, 2.75) is 13.8 Å². The molecule has 0 amide bonds. The van der Waals surface area contributed by atoms with Crippen molar-refractivity contribution in [2.24, 2.45) is 0 Å². The molecule has 2 aromatic rings. The Morgan fingerprint density at radius 2 is 1.95 bits per heavy atom. The van der Waals surface area contributed by atoms with Gasteiger partial charge in [-0.2, -0.15) is 0 Å². The lowest BCUT2D eigenvalue weighted by atomic mass is 10.2. The summed E-state index contributed by atoms with van der Waals surface area (Å²) in [4.78, 5) is 14.4. The van der Waals surface area contributed by atoms with E-state index in [1.165, 1.54) is 4.57 Å². The van der Waals surface area contributed by atoms with Gasteiger partial charge in [-0.15, -0.1) is 0 Å². The van der Waals surface area contributed by atoms with Gasteiger partial charge < -0.3 is 5.11 Å². The Labute approximate surface area is 126 Å². The Kier molecular flexibility index (Phi) is 4.11. The maximum atomic E-state index is 11.9. The molecule has 0 radical (unpaired) electrons. The van der Waals surface area contributed by atoms with E-state index in [9.17, 15) is 9.90 Å². The fraction of sp³-hybridized carbons (Fsp3) is 0.143. The smallest absolute Gasteiger partial charge is 0.262 e. The van der Waals surface area contributed by atoms with E-state index < -0.39 is 5.56 Å². The summed E-state index contributed by atoms with van der Waals surface area (Å²) in [6.45, 7) is 3.68. The van der Waals surface area contributed by atoms with E-state index in [0.717, 1.165) is 5.57 Å². The van der Waals surface area contributed by atoms with Crippen LogP contribution in [0.1, 0.15) is 19.4 Å². The third-order valence-electron chi connectivity index (χ3n) is 2.64. The highest BCUT2D eigenvalue weighted by Crippen LogP contribution is 2.22. The van der Waals surface area contributed by atoms with Crippen molar-refractivity contribution in [2.75, 3.05) is 0 Å². The van der Waals surface area contributed by atoms with Gasteiger partial charge in [-0.25, -0.2) is 0 Å². The number of H-pyrrole nitrogens is 1. The minimum absolute atomic E-state index is 0.126. The number of aromatic amines is 1. The number of nitrogens with zero attached hydrogens (tertiary/aromatic N) is 1. The highest BCUT2D eigenvalue weighted by molar-refractivity contribution is 7.71. The SMILES string of the molecule is CC(C)=Cc1c(O)n(-c2ccc(Cl)cc2)c(=S)[nH]c1=O. The molecule has 0 bridgehead atoms. The van der Waals surface area contributed by atoms with Crippen molar-refractivity contribution >= 4 is 29.9 Å². The lowest BCUT2D eigenvalue weighted by Gasteiger charge is -2.11. The van der Waals surface area contributed by atoms with Crippen LogP contribution >= 0.6 is 23.8 Å². The zero-order valence-electron chi connectivity index (χ0n) is 11.0. The largest absolute Gasteiger partial charge is 0.494 e. The van der Waals surface area contributed by atoms with Crippen molar-refractivity contribution < 1.29 is 5.11 Å². The second-order valence-corrected chi connectivity index (χ2v) is 5.35. The van der Waals surface area contributed by atoms with Gasteiger partial charge in [-0.1, -0.05) is 17.2 Å². The number of allylic oxidation sites excluding steroid dienone is 1. The van der Waals surface area contributed by atoms with Gasteiger partial charge in [0.25, 0.3) is 5.56 Å². The van der Waals surface area contributed by atoms with Crippen molar-refractivity contribution in [1.82, 2.24) is 9.55 Å². The Morgan fingerprint density at radius 1 is 1.35 bits per heavy atom. The van der Waals surface area contributed by atoms with Crippen molar-refractivity contribution in [1.29, 1.82) is 0 Å². The van der Waals surface area contributed by atoms with Crippen molar-refractivity contribution in [3.8, 4) is 11.6 Å². The highest BCUT2D eigenvalue weighted by Gasteiger charge is 2.12. The number of nitrogens with one attached hydrogen (secondary N) is 1. The first-order valence-corrected chi connectivity index (χ1v) is 6.68. The molecule has 4 nitrogen and oxygen atoms in total. The topological polar surface area (TPSA) is 58.0 Å². The van der Waals surface area contributed by atoms with E-state index in [1.807, 2.05) is 13.8 Å². The molecule has 0 saturated heterocycles. The fourth-order valence-electron chi connectivity index (χ4n) is 1.79. The molecular formula is C14H13ClN2O2S. The van der Waals surface area contributed by atoms with Crippen LogP contribution in [0.4, 0.5) is 0 Å². The van der Waals surface area contributed by atoms with Crippen molar-refractivity contribution in [3.05, 3.63) is 55.5 Å². The van der Waals surface area contributed by atoms with E-state index in [4.69, 9.17) is 23.8 Å². The van der Waals surface area contributed by atoms with E-state index in [2.05, 4.69) is 4.98 Å². The summed E-state index contributed by atoms with van der Waals surface area (Å²) in [5, 5.41) is 10.9. The van der Waals surface area contributed by atoms with E-state index >= 15 is 0 Å². The normalized spacial score (nSPS) is 10.3. The number of benzene rings is 1. The lowest BCUT2D eigenvalue weighted by Crippen LogP contribution is -2.16. The molecule has 0 unspecified atom stereocenters. The third-order valence-corrected chi connectivity index (χ3v) is 3.18. The van der Waals surface area contributed by atoms with Crippen LogP contribution in [0.5, 0.6) is 5.88 Å². The quantitative estimate of drug-likeness (QED) is 0.832. The number of halogens is 1. The molecule has 1 aromatic carbocycles. The first kappa shape index (κ1) is 14.6. The van der Waals surface area contributed by atoms with Gasteiger partial charge in [0.15, 0.2) is 4.77 Å². The maximum Gasteiger partial charge on any atom is 0.262 e. The van der Waals surface area contributed by atoms with Gasteiger partial charge in [0.1, 0.15) is 5.56 Å². The molecule has 1 aromatic heterocycles. The summed E-state index contributed by atoms with van der Waals surface area (Å²) >= 11 is 10.9. The molecule has 0 fully saturated rings. The van der Waals surface area contributed by atoms with Crippen LogP contribution in [0.15, 0.2) is 34.6 Å². The molecule has 0 aliphatic rings. The molecule has 104 valence electrons. The Morgan fingerprint density at radius 3 is 2.50 bits per heavy atom. The average Bonchev–Trinajstić information content (AvgIpc) is 2.36. The zero-order chi connectivity index (χ0) is 14.9. The predicted molar refractivity (Wildman–Crippen MR) is 83.2 cm³/mol. The van der Waals surface area contributed by atoms with Gasteiger partial charge in [-0.3, -0.25) is 14.3 Å². The van der Waals surface area contributed by atoms with Crippen molar-refractivity contribution in [3.63, 3.8) is 0 Å². The standard InChI is InChI=1S/C14H13ClN2O2S/c1-8(2)7-11-12(18)16-14(20)17(13(11)19)10-5-3-9(15)4-6-10/h3-7,19H,1-2H3,(H,16,18,20). The molecular weight excluding hydrogens is 296 g/mol. The number of rotatable bonds is 2. The van der Waals surface area contributed by atoms with Crippen LogP contribution in [0, 0.1) is 4.77 Å². The molecule has 0 spiro atoms. The van der Waals surface area contributed by atoms with Crippen LogP contribution in [0.3, 0.4) is 0 Å². The second-order valence-electron chi connectivity index (χ2n) is 4.53. The average molecular weight is 309 g/mol. The first-order chi connectivity index (χ1) is 9.40. The summed E-state index contributed by atoms with van der Waals surface area (Å²) in [6, 6.07) is 6.79. The Hall–Kier alpha value is -1.85. The van der Waals surface area contributed by atoms with Crippen LogP contribution < -0.4 is 5.56 Å². The molecule has 2 N–H and O–H groups in total. The summed E-state index contributed by atoms with van der Waals surface area (Å²) in [5.41, 5.74) is 1.27. The van der Waals surface area contributed by atoms with Crippen LogP contribution in [-0.2, 0) is 0 Å². The summed E-state index contributed by atoms with van der Waals surface area (Å²) in [6.07, 6.45) is 1.61. The summed E-state index contributed by atoms with van der Waals surface area (Å²) < 4.78 is 1.52. The molecule has 1 heterocycles. The molecule has 0 atom stereocenters. The second kappa shape index (κ2) is 5.64. The summed E-state index contributed by atoms with van der Waals surface area (Å²) in [7, 11) is 0. The van der Waals surface area contributed by atoms with Gasteiger partial charge >= 0.3 is 0 Å². The monoisotopic (exact) mass is 308 g/mol. The number of aromatic nitrogens is 2. The highest BCUT2D eigenvalue weighted by atomic mass is 35.5. The minimum atomic E-state index is -0.418. The van der Waals surface area contributed by atoms with Gasteiger partial charge in [0.05, 0.1) is 5.69 Å². The Bertz CT molecular complexity index is 784. The maximum absolute atomic E-state index is 11.9. The van der Waals surface area contributed by atoms with Gasteiger partial charge in [0, 0.05) is 5.02 Å². The number of aromatic hydroxyl groups is 1. The zero-order valence-corrected chi connectivity index (χ0v) is 12.5. The number of hydrogen-bond donors (Lipinski definition) is 2. The molecule has 2 rings (SSSR count).